The van der Waals surface area contributed by atoms with Crippen molar-refractivity contribution in [1.82, 2.24) is 41.5 Å². The fourth-order valence-electron chi connectivity index (χ4n) is 8.34. The minimum atomic E-state index is -1.14. The third-order valence-corrected chi connectivity index (χ3v) is 10.7. The van der Waals surface area contributed by atoms with Crippen molar-refractivity contribution < 1.29 is 18.4 Å². The third kappa shape index (κ3) is 5.87. The number of hydrogen-bond acceptors (Lipinski definition) is 9. The molecule has 0 aromatic rings. The monoisotopic (exact) mass is 581 g/mol. The molecule has 0 spiro atoms. The summed E-state index contributed by atoms with van der Waals surface area (Å²) in [7, 11) is 1.92. The molecule has 0 aromatic heterocycles. The Morgan fingerprint density at radius 1 is 0.927 bits per heavy atom. The minimum Gasteiger partial charge on any atom is -0.350 e. The first kappa shape index (κ1) is 29.6. The summed E-state index contributed by atoms with van der Waals surface area (Å²) < 4.78 is 30.7. The molecular formula is C28H49F2N9O2. The van der Waals surface area contributed by atoms with Crippen molar-refractivity contribution in [3.63, 3.8) is 0 Å². The second-order valence-corrected chi connectivity index (χ2v) is 13.2. The predicted octanol–water partition coefficient (Wildman–Crippen LogP) is -1.14. The van der Waals surface area contributed by atoms with E-state index in [2.05, 4.69) is 31.6 Å². The van der Waals surface area contributed by atoms with Gasteiger partial charge in [0.15, 0.2) is 0 Å². The van der Waals surface area contributed by atoms with Gasteiger partial charge in [0.25, 0.3) is 0 Å². The van der Waals surface area contributed by atoms with Gasteiger partial charge in [-0.05, 0) is 51.7 Å². The molecule has 232 valence electrons. The average Bonchev–Trinajstić information content (AvgIpc) is 3.28. The summed E-state index contributed by atoms with van der Waals surface area (Å²) in [6.07, 6.45) is 3.54. The van der Waals surface area contributed by atoms with E-state index in [9.17, 15) is 9.59 Å². The molecule has 13 heteroatoms. The molecule has 0 aromatic carbocycles. The maximum Gasteiger partial charge on any atom is 0.229 e. The van der Waals surface area contributed by atoms with E-state index in [0.29, 0.717) is 38.5 Å². The van der Waals surface area contributed by atoms with Crippen molar-refractivity contribution in [2.24, 2.45) is 23.5 Å². The second kappa shape index (κ2) is 12.6. The van der Waals surface area contributed by atoms with E-state index in [1.165, 1.54) is 6.42 Å². The van der Waals surface area contributed by atoms with Crippen molar-refractivity contribution in [3.05, 3.63) is 0 Å². The van der Waals surface area contributed by atoms with Gasteiger partial charge in [0.05, 0.1) is 36.4 Å². The number of hydrogen-bond donors (Lipinski definition) is 6. The number of piperidine rings is 2. The Balaban J connectivity index is 1.08. The summed E-state index contributed by atoms with van der Waals surface area (Å²) in [5.41, 5.74) is 9.71. The van der Waals surface area contributed by atoms with E-state index in [4.69, 9.17) is 5.73 Å². The SMILES string of the molecule is CNC1CN(C(=O)C2CCN(C3C(F)CNCC3NC(=O)C3C(N)NN4C3NCC(F)C4C3CCCCC3)CC2)C1. The quantitative estimate of drug-likeness (QED) is 0.231. The molecule has 8 unspecified atom stereocenters. The van der Waals surface area contributed by atoms with Crippen molar-refractivity contribution in [2.45, 2.75) is 93.8 Å². The highest BCUT2D eigenvalue weighted by Crippen LogP contribution is 2.36. The number of hydrazine groups is 1. The summed E-state index contributed by atoms with van der Waals surface area (Å²) in [5.74, 6) is -0.450. The molecule has 7 N–H and O–H groups in total. The zero-order chi connectivity index (χ0) is 28.7. The Bertz CT molecular complexity index is 928. The highest BCUT2D eigenvalue weighted by Gasteiger charge is 2.53. The van der Waals surface area contributed by atoms with Crippen molar-refractivity contribution in [1.29, 1.82) is 0 Å². The first-order chi connectivity index (χ1) is 19.9. The van der Waals surface area contributed by atoms with Gasteiger partial charge in [-0.25, -0.2) is 19.2 Å². The smallest absolute Gasteiger partial charge is 0.229 e. The number of fused-ring (bicyclic) bond motifs is 1. The maximum atomic E-state index is 15.4. The van der Waals surface area contributed by atoms with Crippen LogP contribution in [0.4, 0.5) is 8.78 Å². The van der Waals surface area contributed by atoms with E-state index >= 15 is 8.78 Å². The Kier molecular flexibility index (Phi) is 9.12. The number of nitrogens with two attached hydrogens (primary N) is 1. The molecule has 0 radical (unpaired) electrons. The Morgan fingerprint density at radius 2 is 1.63 bits per heavy atom. The Labute approximate surface area is 242 Å². The fourth-order valence-corrected chi connectivity index (χ4v) is 8.34. The number of carbonyl (C=O) groups excluding carboxylic acids is 2. The van der Waals surface area contributed by atoms with Crippen LogP contribution >= 0.6 is 0 Å². The second-order valence-electron chi connectivity index (χ2n) is 13.2. The van der Waals surface area contributed by atoms with Crippen LogP contribution in [-0.4, -0.2) is 128 Å². The minimum absolute atomic E-state index is 0.0285. The molecule has 41 heavy (non-hydrogen) atoms. The first-order valence-corrected chi connectivity index (χ1v) is 15.9. The largest absolute Gasteiger partial charge is 0.350 e. The van der Waals surface area contributed by atoms with Crippen molar-refractivity contribution in [3.8, 4) is 0 Å². The van der Waals surface area contributed by atoms with Crippen LogP contribution in [0, 0.1) is 17.8 Å². The van der Waals surface area contributed by atoms with Crippen LogP contribution in [0.2, 0.25) is 0 Å². The van der Waals surface area contributed by atoms with Gasteiger partial charge < -0.3 is 26.6 Å². The summed E-state index contributed by atoms with van der Waals surface area (Å²) >= 11 is 0. The predicted molar refractivity (Wildman–Crippen MR) is 151 cm³/mol. The summed E-state index contributed by atoms with van der Waals surface area (Å²) in [6.45, 7) is 3.65. The van der Waals surface area contributed by atoms with Crippen LogP contribution in [-0.2, 0) is 9.59 Å². The molecule has 5 saturated heterocycles. The topological polar surface area (TPSA) is 130 Å². The molecular weight excluding hydrogens is 532 g/mol. The Hall–Kier alpha value is -1.48. The molecule has 5 aliphatic heterocycles. The van der Waals surface area contributed by atoms with E-state index in [1.54, 1.807) is 0 Å². The molecule has 1 aliphatic carbocycles. The van der Waals surface area contributed by atoms with Gasteiger partial charge in [0.1, 0.15) is 12.3 Å². The van der Waals surface area contributed by atoms with Crippen LogP contribution in [0.5, 0.6) is 0 Å². The standard InChI is InChI=1S/C28H49F2N9O2/c1-32-18-14-38(15-18)28(41)17-7-9-37(10-8-17)24-19(29)11-33-13-21(24)35-27(40)22-25(31)36-39-23(16-5-3-2-4-6-16)20(30)12-34-26(22)39/h16-26,32-34,36H,2-15,31H2,1H3,(H,35,40). The number of carbonyl (C=O) groups is 2. The number of nitrogens with zero attached hydrogens (tertiary/aromatic N) is 3. The van der Waals surface area contributed by atoms with E-state index in [1.807, 2.05) is 17.0 Å². The van der Waals surface area contributed by atoms with E-state index < -0.39 is 42.7 Å². The number of alkyl halides is 2. The normalized spacial score (nSPS) is 40.2. The van der Waals surface area contributed by atoms with Gasteiger partial charge in [-0.1, -0.05) is 19.3 Å². The lowest BCUT2D eigenvalue weighted by atomic mass is 9.80. The molecule has 1 saturated carbocycles. The molecule has 6 fully saturated rings. The summed E-state index contributed by atoms with van der Waals surface area (Å²) in [6, 6.07) is -0.839. The third-order valence-electron chi connectivity index (χ3n) is 10.7. The zero-order valence-corrected chi connectivity index (χ0v) is 24.2. The Morgan fingerprint density at radius 3 is 2.34 bits per heavy atom. The fraction of sp³-hybridized carbons (Fsp3) is 0.929. The number of likely N-dealkylation sites (tertiary alicyclic amines) is 2. The molecule has 0 bridgehead atoms. The molecule has 2 amide bonds. The highest BCUT2D eigenvalue weighted by atomic mass is 19.1. The lowest BCUT2D eigenvalue weighted by molar-refractivity contribution is -0.142. The molecule has 11 nitrogen and oxygen atoms in total. The molecule has 5 heterocycles. The number of halogens is 2. The van der Waals surface area contributed by atoms with Gasteiger partial charge >= 0.3 is 0 Å². The molecule has 8 atom stereocenters. The van der Waals surface area contributed by atoms with Crippen LogP contribution in [0.15, 0.2) is 0 Å². The number of likely N-dealkylation sites (N-methyl/N-ethyl adjacent to an activating group) is 1. The van der Waals surface area contributed by atoms with Crippen LogP contribution < -0.4 is 32.4 Å². The number of nitrogens with one attached hydrogen (secondary N) is 5. The molecule has 6 aliphatic rings. The van der Waals surface area contributed by atoms with Crippen molar-refractivity contribution in [2.75, 3.05) is 52.9 Å². The van der Waals surface area contributed by atoms with Crippen LogP contribution in [0.25, 0.3) is 0 Å². The van der Waals surface area contributed by atoms with E-state index in [0.717, 1.165) is 38.8 Å². The van der Waals surface area contributed by atoms with Crippen molar-refractivity contribution >= 4 is 11.8 Å². The zero-order valence-electron chi connectivity index (χ0n) is 24.2. The van der Waals surface area contributed by atoms with Gasteiger partial charge in [-0.15, -0.1) is 0 Å². The van der Waals surface area contributed by atoms with Gasteiger partial charge in [0, 0.05) is 44.7 Å². The van der Waals surface area contributed by atoms with Crippen LogP contribution in [0.3, 0.4) is 0 Å². The van der Waals surface area contributed by atoms with Crippen LogP contribution in [0.1, 0.15) is 44.9 Å². The highest BCUT2D eigenvalue weighted by molar-refractivity contribution is 5.81. The lowest BCUT2D eigenvalue weighted by Crippen LogP contribution is -2.68. The summed E-state index contributed by atoms with van der Waals surface area (Å²) in [4.78, 5) is 30.7. The van der Waals surface area contributed by atoms with Gasteiger partial charge in [-0.2, -0.15) is 0 Å². The number of amides is 2. The number of rotatable bonds is 6. The average molecular weight is 582 g/mol. The first-order valence-electron chi connectivity index (χ1n) is 15.9. The van der Waals surface area contributed by atoms with Gasteiger partial charge in [-0.3, -0.25) is 19.8 Å². The molecule has 6 rings (SSSR count). The lowest BCUT2D eigenvalue weighted by Gasteiger charge is -2.47. The van der Waals surface area contributed by atoms with Gasteiger partial charge in [0.2, 0.25) is 11.8 Å². The van der Waals surface area contributed by atoms with E-state index in [-0.39, 0.29) is 42.8 Å². The maximum absolute atomic E-state index is 15.4. The summed E-state index contributed by atoms with van der Waals surface area (Å²) in [5, 5.41) is 14.6.